The fourth-order valence-electron chi connectivity index (χ4n) is 1.79. The highest BCUT2D eigenvalue weighted by molar-refractivity contribution is 7.90. The maximum absolute atomic E-state index is 12.4. The molecule has 2 rings (SSSR count). The fraction of sp³-hybridized carbons (Fsp3) is 0.143. The van der Waals surface area contributed by atoms with Crippen LogP contribution in [0.3, 0.4) is 0 Å². The third-order valence-corrected chi connectivity index (χ3v) is 5.50. The molecule has 0 aliphatic heterocycles. The number of nitrogen functional groups attached to an aromatic ring is 1. The average molecular weight is 330 g/mol. The Labute approximate surface area is 128 Å². The van der Waals surface area contributed by atoms with E-state index in [0.717, 1.165) is 5.56 Å². The van der Waals surface area contributed by atoms with Crippen molar-refractivity contribution in [2.75, 3.05) is 5.73 Å². The Morgan fingerprint density at radius 3 is 2.50 bits per heavy atom. The van der Waals surface area contributed by atoms with Gasteiger partial charge < -0.3 is 5.73 Å². The number of halogens is 2. The summed E-state index contributed by atoms with van der Waals surface area (Å²) in [5.41, 5.74) is 7.46. The molecular formula is C14H13Cl2NO2S. The van der Waals surface area contributed by atoms with E-state index in [9.17, 15) is 8.42 Å². The summed E-state index contributed by atoms with van der Waals surface area (Å²) >= 11 is 11.9. The highest BCUT2D eigenvalue weighted by Crippen LogP contribution is 2.29. The van der Waals surface area contributed by atoms with Gasteiger partial charge in [0.05, 0.1) is 20.7 Å². The molecule has 0 amide bonds. The Balaban J connectivity index is 2.41. The number of nitrogens with two attached hydrogens (primary N) is 1. The zero-order chi connectivity index (χ0) is 14.9. The number of hydrogen-bond acceptors (Lipinski definition) is 3. The molecule has 0 saturated heterocycles. The van der Waals surface area contributed by atoms with E-state index in [2.05, 4.69) is 0 Å². The fourth-order valence-corrected chi connectivity index (χ4v) is 3.70. The Hall–Kier alpha value is -1.23. The summed E-state index contributed by atoms with van der Waals surface area (Å²) in [7, 11) is -3.49. The van der Waals surface area contributed by atoms with Crippen LogP contribution in [-0.4, -0.2) is 8.42 Å². The van der Waals surface area contributed by atoms with Gasteiger partial charge in [0.15, 0.2) is 9.84 Å². The molecule has 6 heteroatoms. The van der Waals surface area contributed by atoms with Crippen LogP contribution in [0.1, 0.15) is 11.1 Å². The molecule has 2 N–H and O–H groups in total. The van der Waals surface area contributed by atoms with Crippen molar-refractivity contribution in [3.05, 3.63) is 57.6 Å². The molecule has 106 valence electrons. The van der Waals surface area contributed by atoms with E-state index in [1.807, 2.05) is 0 Å². The van der Waals surface area contributed by atoms with Gasteiger partial charge in [-0.1, -0.05) is 35.3 Å². The first kappa shape index (κ1) is 15.2. The van der Waals surface area contributed by atoms with E-state index in [0.29, 0.717) is 16.3 Å². The lowest BCUT2D eigenvalue weighted by molar-refractivity contribution is 0.595. The third kappa shape index (κ3) is 3.08. The Morgan fingerprint density at radius 1 is 1.15 bits per heavy atom. The monoisotopic (exact) mass is 329 g/mol. The summed E-state index contributed by atoms with van der Waals surface area (Å²) < 4.78 is 24.8. The number of aryl methyl sites for hydroxylation is 1. The second kappa shape index (κ2) is 5.64. The Morgan fingerprint density at radius 2 is 1.85 bits per heavy atom. The minimum atomic E-state index is -3.49. The topological polar surface area (TPSA) is 60.2 Å². The van der Waals surface area contributed by atoms with Gasteiger partial charge in [0.25, 0.3) is 0 Å². The molecule has 0 fully saturated rings. The van der Waals surface area contributed by atoms with Crippen molar-refractivity contribution in [3.63, 3.8) is 0 Å². The van der Waals surface area contributed by atoms with Crippen LogP contribution < -0.4 is 5.73 Å². The number of hydrogen-bond donors (Lipinski definition) is 1. The number of sulfone groups is 1. The lowest BCUT2D eigenvalue weighted by atomic mass is 10.2. The first-order chi connectivity index (χ1) is 9.31. The normalized spacial score (nSPS) is 11.6. The predicted molar refractivity (Wildman–Crippen MR) is 82.9 cm³/mol. The number of benzene rings is 2. The largest absolute Gasteiger partial charge is 0.399 e. The van der Waals surface area contributed by atoms with Crippen molar-refractivity contribution in [2.24, 2.45) is 0 Å². The molecule has 0 aromatic heterocycles. The molecule has 0 aliphatic rings. The predicted octanol–water partition coefficient (Wildman–Crippen LogP) is 3.86. The van der Waals surface area contributed by atoms with E-state index >= 15 is 0 Å². The van der Waals surface area contributed by atoms with E-state index in [1.54, 1.807) is 37.3 Å². The van der Waals surface area contributed by atoms with Gasteiger partial charge >= 0.3 is 0 Å². The molecule has 0 spiro atoms. The smallest absolute Gasteiger partial charge is 0.182 e. The molecular weight excluding hydrogens is 317 g/mol. The van der Waals surface area contributed by atoms with Crippen LogP contribution >= 0.6 is 23.2 Å². The van der Waals surface area contributed by atoms with Crippen molar-refractivity contribution in [3.8, 4) is 0 Å². The molecule has 0 radical (unpaired) electrons. The Kier molecular flexibility index (Phi) is 4.28. The third-order valence-electron chi connectivity index (χ3n) is 2.98. The van der Waals surface area contributed by atoms with E-state index in [1.165, 1.54) is 6.07 Å². The zero-order valence-electron chi connectivity index (χ0n) is 10.7. The molecule has 0 unspecified atom stereocenters. The first-order valence-corrected chi connectivity index (χ1v) is 8.24. The van der Waals surface area contributed by atoms with Crippen LogP contribution in [0.4, 0.5) is 5.69 Å². The van der Waals surface area contributed by atoms with E-state index in [-0.39, 0.29) is 15.7 Å². The van der Waals surface area contributed by atoms with Gasteiger partial charge in [-0.25, -0.2) is 8.42 Å². The van der Waals surface area contributed by atoms with Crippen molar-refractivity contribution >= 4 is 38.7 Å². The summed E-state index contributed by atoms with van der Waals surface area (Å²) in [5.74, 6) is -0.199. The van der Waals surface area contributed by atoms with Gasteiger partial charge in [0, 0.05) is 5.69 Å². The van der Waals surface area contributed by atoms with Gasteiger partial charge in [-0.15, -0.1) is 0 Å². The molecule has 0 bridgehead atoms. The first-order valence-electron chi connectivity index (χ1n) is 5.83. The molecule has 0 saturated carbocycles. The molecule has 2 aromatic rings. The van der Waals surface area contributed by atoms with Crippen molar-refractivity contribution < 1.29 is 8.42 Å². The van der Waals surface area contributed by atoms with Gasteiger partial charge in [-0.3, -0.25) is 0 Å². The van der Waals surface area contributed by atoms with Gasteiger partial charge in [0.1, 0.15) is 0 Å². The zero-order valence-corrected chi connectivity index (χ0v) is 13.1. The summed E-state index contributed by atoms with van der Waals surface area (Å²) in [6.45, 7) is 1.76. The molecule has 0 aliphatic carbocycles. The van der Waals surface area contributed by atoms with Crippen molar-refractivity contribution in [2.45, 2.75) is 17.6 Å². The summed E-state index contributed by atoms with van der Waals surface area (Å²) in [6.07, 6.45) is 0. The lowest BCUT2D eigenvalue weighted by Gasteiger charge is -2.09. The maximum atomic E-state index is 12.4. The summed E-state index contributed by atoms with van der Waals surface area (Å²) in [6, 6.07) is 9.58. The van der Waals surface area contributed by atoms with Crippen LogP contribution in [0, 0.1) is 6.92 Å². The number of rotatable bonds is 3. The van der Waals surface area contributed by atoms with Crippen LogP contribution in [-0.2, 0) is 15.6 Å². The van der Waals surface area contributed by atoms with Crippen LogP contribution in [0.25, 0.3) is 0 Å². The van der Waals surface area contributed by atoms with Crippen molar-refractivity contribution in [1.82, 2.24) is 0 Å². The summed E-state index contributed by atoms with van der Waals surface area (Å²) in [4.78, 5) is 0.222. The lowest BCUT2D eigenvalue weighted by Crippen LogP contribution is -2.06. The second-order valence-corrected chi connectivity index (χ2v) is 7.27. The van der Waals surface area contributed by atoms with Crippen LogP contribution in [0.2, 0.25) is 10.0 Å². The van der Waals surface area contributed by atoms with Gasteiger partial charge in [0.2, 0.25) is 0 Å². The minimum Gasteiger partial charge on any atom is -0.399 e. The molecule has 0 atom stereocenters. The Bertz CT molecular complexity index is 758. The van der Waals surface area contributed by atoms with Gasteiger partial charge in [-0.2, -0.15) is 0 Å². The highest BCUT2D eigenvalue weighted by Gasteiger charge is 2.18. The average Bonchev–Trinajstić information content (AvgIpc) is 2.38. The van der Waals surface area contributed by atoms with E-state index in [4.69, 9.17) is 28.9 Å². The highest BCUT2D eigenvalue weighted by atomic mass is 35.5. The molecule has 0 heterocycles. The van der Waals surface area contributed by atoms with E-state index < -0.39 is 9.84 Å². The molecule has 20 heavy (non-hydrogen) atoms. The van der Waals surface area contributed by atoms with Crippen LogP contribution in [0.5, 0.6) is 0 Å². The molecule has 3 nitrogen and oxygen atoms in total. The minimum absolute atomic E-state index is 0.199. The standard InChI is InChI=1S/C14H13Cl2NO2S/c1-9-7-11(5-6-13(9)17)20(18,19)8-10-3-2-4-12(15)14(10)16/h2-7H,8,17H2,1H3. The number of anilines is 1. The second-order valence-electron chi connectivity index (χ2n) is 4.49. The maximum Gasteiger partial charge on any atom is 0.182 e. The van der Waals surface area contributed by atoms with Gasteiger partial charge in [-0.05, 0) is 42.3 Å². The quantitative estimate of drug-likeness (QED) is 0.870. The molecule has 2 aromatic carbocycles. The van der Waals surface area contributed by atoms with Crippen molar-refractivity contribution in [1.29, 1.82) is 0 Å². The SMILES string of the molecule is Cc1cc(S(=O)(=O)Cc2cccc(Cl)c2Cl)ccc1N. The summed E-state index contributed by atoms with van der Waals surface area (Å²) in [5, 5.41) is 0.609. The van der Waals surface area contributed by atoms with Crippen LogP contribution in [0.15, 0.2) is 41.3 Å².